The molecule has 2 N–H and O–H groups in total. The molecule has 1 aromatic heterocycles. The lowest BCUT2D eigenvalue weighted by molar-refractivity contribution is -0.130. The molecule has 1 unspecified atom stereocenters. The number of aromatic nitrogens is 2. The van der Waals surface area contributed by atoms with Crippen LogP contribution in [0.3, 0.4) is 0 Å². The van der Waals surface area contributed by atoms with E-state index < -0.39 is 0 Å². The summed E-state index contributed by atoms with van der Waals surface area (Å²) in [4.78, 5) is 13.3. The summed E-state index contributed by atoms with van der Waals surface area (Å²) in [6, 6.07) is -0.0890. The van der Waals surface area contributed by atoms with Crippen LogP contribution in [0.4, 0.5) is 0 Å². The predicted molar refractivity (Wildman–Crippen MR) is 72.4 cm³/mol. The number of aryl methyl sites for hydroxylation is 1. The number of halogens is 2. The standard InChI is InChI=1S/C10H18N4O.2ClH/c1-8(11)4-10(15)13(2)6-9-5-12-14(3)7-9;;/h5,7-8H,4,6,11H2,1-3H3;2*1H. The number of carbonyl (C=O) groups is 1. The zero-order valence-electron chi connectivity index (χ0n) is 10.3. The van der Waals surface area contributed by atoms with Crippen LogP contribution in [0.5, 0.6) is 0 Å². The Bertz CT molecular complexity index is 341. The van der Waals surface area contributed by atoms with Crippen molar-refractivity contribution in [2.45, 2.75) is 25.9 Å². The third-order valence-corrected chi connectivity index (χ3v) is 2.10. The minimum Gasteiger partial charge on any atom is -0.341 e. The van der Waals surface area contributed by atoms with Crippen molar-refractivity contribution in [1.29, 1.82) is 0 Å². The first-order chi connectivity index (χ1) is 6.99. The number of hydrogen-bond donors (Lipinski definition) is 1. The molecule has 1 rings (SSSR count). The summed E-state index contributed by atoms with van der Waals surface area (Å²) in [6.07, 6.45) is 4.04. The van der Waals surface area contributed by atoms with Gasteiger partial charge in [-0.3, -0.25) is 9.48 Å². The first kappa shape index (κ1) is 18.6. The molecule has 1 atom stereocenters. The summed E-state index contributed by atoms with van der Waals surface area (Å²) in [7, 11) is 3.63. The zero-order chi connectivity index (χ0) is 11.4. The normalized spacial score (nSPS) is 11.1. The topological polar surface area (TPSA) is 64.2 Å². The van der Waals surface area contributed by atoms with Crippen molar-refractivity contribution in [1.82, 2.24) is 14.7 Å². The molecule has 0 aliphatic carbocycles. The smallest absolute Gasteiger partial charge is 0.224 e. The van der Waals surface area contributed by atoms with E-state index in [2.05, 4.69) is 5.10 Å². The first-order valence-corrected chi connectivity index (χ1v) is 4.96. The van der Waals surface area contributed by atoms with E-state index in [1.807, 2.05) is 20.2 Å². The number of rotatable bonds is 4. The van der Waals surface area contributed by atoms with E-state index in [9.17, 15) is 4.79 Å². The molecule has 7 heteroatoms. The Morgan fingerprint density at radius 1 is 1.59 bits per heavy atom. The molecule has 0 fully saturated rings. The van der Waals surface area contributed by atoms with Gasteiger partial charge in [0, 0.05) is 44.9 Å². The molecular formula is C10H20Cl2N4O. The third-order valence-electron chi connectivity index (χ3n) is 2.10. The molecule has 0 spiro atoms. The molecule has 0 bridgehead atoms. The van der Waals surface area contributed by atoms with Crippen molar-refractivity contribution in [2.24, 2.45) is 12.8 Å². The van der Waals surface area contributed by atoms with Gasteiger partial charge in [-0.1, -0.05) is 0 Å². The van der Waals surface area contributed by atoms with Gasteiger partial charge in [-0.05, 0) is 6.92 Å². The Balaban J connectivity index is 0. The maximum Gasteiger partial charge on any atom is 0.224 e. The monoisotopic (exact) mass is 282 g/mol. The number of amides is 1. The average molecular weight is 283 g/mol. The van der Waals surface area contributed by atoms with Crippen molar-refractivity contribution in [3.05, 3.63) is 18.0 Å². The second kappa shape index (κ2) is 8.33. The van der Waals surface area contributed by atoms with Crippen molar-refractivity contribution < 1.29 is 4.79 Å². The fourth-order valence-corrected chi connectivity index (χ4v) is 1.35. The van der Waals surface area contributed by atoms with Gasteiger partial charge < -0.3 is 10.6 Å². The summed E-state index contributed by atoms with van der Waals surface area (Å²) in [5, 5.41) is 4.04. The largest absolute Gasteiger partial charge is 0.341 e. The molecule has 1 heterocycles. The summed E-state index contributed by atoms with van der Waals surface area (Å²) >= 11 is 0. The van der Waals surface area contributed by atoms with E-state index in [-0.39, 0.29) is 36.8 Å². The van der Waals surface area contributed by atoms with Gasteiger partial charge in [0.15, 0.2) is 0 Å². The lowest BCUT2D eigenvalue weighted by atomic mass is 10.2. The zero-order valence-corrected chi connectivity index (χ0v) is 11.9. The van der Waals surface area contributed by atoms with Gasteiger partial charge >= 0.3 is 0 Å². The van der Waals surface area contributed by atoms with Gasteiger partial charge in [-0.2, -0.15) is 5.10 Å². The number of hydrogen-bond acceptors (Lipinski definition) is 3. The second-order valence-corrected chi connectivity index (χ2v) is 3.95. The van der Waals surface area contributed by atoms with Crippen LogP contribution >= 0.6 is 24.8 Å². The van der Waals surface area contributed by atoms with Crippen LogP contribution in [0.1, 0.15) is 18.9 Å². The quantitative estimate of drug-likeness (QED) is 0.895. The fraction of sp³-hybridized carbons (Fsp3) is 0.600. The number of carbonyl (C=O) groups excluding carboxylic acids is 1. The molecular weight excluding hydrogens is 263 g/mol. The maximum absolute atomic E-state index is 11.6. The SMILES string of the molecule is CC(N)CC(=O)N(C)Cc1cnn(C)c1.Cl.Cl. The van der Waals surface area contributed by atoms with Gasteiger partial charge in [0.25, 0.3) is 0 Å². The highest BCUT2D eigenvalue weighted by atomic mass is 35.5. The van der Waals surface area contributed by atoms with E-state index in [4.69, 9.17) is 5.73 Å². The summed E-state index contributed by atoms with van der Waals surface area (Å²) in [5.41, 5.74) is 6.59. The Kier molecular flexibility index (Phi) is 9.11. The van der Waals surface area contributed by atoms with Crippen LogP contribution in [-0.2, 0) is 18.4 Å². The molecule has 0 aromatic carbocycles. The molecule has 0 aliphatic rings. The van der Waals surface area contributed by atoms with E-state index in [1.165, 1.54) is 0 Å². The lowest BCUT2D eigenvalue weighted by Gasteiger charge is -2.17. The maximum atomic E-state index is 11.6. The molecule has 0 aliphatic heterocycles. The first-order valence-electron chi connectivity index (χ1n) is 4.96. The third kappa shape index (κ3) is 6.51. The van der Waals surface area contributed by atoms with Crippen molar-refractivity contribution >= 4 is 30.7 Å². The minimum absolute atomic E-state index is 0. The molecule has 1 amide bonds. The van der Waals surface area contributed by atoms with Gasteiger partial charge in [0.2, 0.25) is 5.91 Å². The Labute approximate surface area is 114 Å². The summed E-state index contributed by atoms with van der Waals surface area (Å²) < 4.78 is 1.72. The lowest BCUT2D eigenvalue weighted by Crippen LogP contribution is -2.31. The Hall–Kier alpha value is -0.780. The van der Waals surface area contributed by atoms with Gasteiger partial charge in [-0.15, -0.1) is 24.8 Å². The number of nitrogens with zero attached hydrogens (tertiary/aromatic N) is 3. The van der Waals surface area contributed by atoms with E-state index in [1.54, 1.807) is 22.8 Å². The van der Waals surface area contributed by atoms with Crippen LogP contribution < -0.4 is 5.73 Å². The molecule has 0 saturated carbocycles. The van der Waals surface area contributed by atoms with E-state index in [0.29, 0.717) is 13.0 Å². The van der Waals surface area contributed by atoms with Gasteiger partial charge in [0.05, 0.1) is 6.20 Å². The second-order valence-electron chi connectivity index (χ2n) is 3.95. The molecule has 17 heavy (non-hydrogen) atoms. The molecule has 0 saturated heterocycles. The summed E-state index contributed by atoms with van der Waals surface area (Å²) in [5.74, 6) is 0.0638. The van der Waals surface area contributed by atoms with Crippen molar-refractivity contribution in [2.75, 3.05) is 7.05 Å². The number of nitrogens with two attached hydrogens (primary N) is 1. The average Bonchev–Trinajstić information content (AvgIpc) is 2.50. The van der Waals surface area contributed by atoms with Crippen LogP contribution in [0, 0.1) is 0 Å². The predicted octanol–water partition coefficient (Wildman–Crippen LogP) is 0.959. The van der Waals surface area contributed by atoms with E-state index >= 15 is 0 Å². The summed E-state index contributed by atoms with van der Waals surface area (Å²) in [6.45, 7) is 2.41. The highest BCUT2D eigenvalue weighted by Crippen LogP contribution is 2.03. The Morgan fingerprint density at radius 2 is 2.18 bits per heavy atom. The highest BCUT2D eigenvalue weighted by Gasteiger charge is 2.11. The van der Waals surface area contributed by atoms with E-state index in [0.717, 1.165) is 5.56 Å². The van der Waals surface area contributed by atoms with Gasteiger partial charge in [0.1, 0.15) is 0 Å². The Morgan fingerprint density at radius 3 is 2.59 bits per heavy atom. The van der Waals surface area contributed by atoms with Crippen molar-refractivity contribution in [3.63, 3.8) is 0 Å². The fourth-order valence-electron chi connectivity index (χ4n) is 1.35. The molecule has 100 valence electrons. The van der Waals surface area contributed by atoms with Gasteiger partial charge in [-0.25, -0.2) is 0 Å². The van der Waals surface area contributed by atoms with Crippen molar-refractivity contribution in [3.8, 4) is 0 Å². The highest BCUT2D eigenvalue weighted by molar-refractivity contribution is 5.85. The minimum atomic E-state index is -0.0890. The van der Waals surface area contributed by atoms with Crippen LogP contribution in [-0.4, -0.2) is 33.7 Å². The van der Waals surface area contributed by atoms with Crippen LogP contribution in [0.25, 0.3) is 0 Å². The molecule has 0 radical (unpaired) electrons. The van der Waals surface area contributed by atoms with Crippen LogP contribution in [0.15, 0.2) is 12.4 Å². The molecule has 1 aromatic rings. The molecule has 5 nitrogen and oxygen atoms in total. The van der Waals surface area contributed by atoms with Crippen LogP contribution in [0.2, 0.25) is 0 Å².